The molecule has 3 rings (SSSR count). The van der Waals surface area contributed by atoms with Crippen molar-refractivity contribution < 1.29 is 9.53 Å². The Labute approximate surface area is 102 Å². The Kier molecular flexibility index (Phi) is 2.87. The van der Waals surface area contributed by atoms with Gasteiger partial charge in [0.15, 0.2) is 0 Å². The lowest BCUT2D eigenvalue weighted by molar-refractivity contribution is -0.126. The molecule has 1 atom stereocenters. The van der Waals surface area contributed by atoms with E-state index in [0.29, 0.717) is 25.6 Å². The topological polar surface area (TPSA) is 64.4 Å². The first-order valence-electron chi connectivity index (χ1n) is 6.84. The number of nitrogens with two attached hydrogens (primary N) is 1. The van der Waals surface area contributed by atoms with Crippen LogP contribution in [0.3, 0.4) is 0 Å². The molecule has 3 aliphatic rings. The molecular formula is C13H22N2O2. The van der Waals surface area contributed by atoms with Crippen LogP contribution in [0.2, 0.25) is 0 Å². The zero-order valence-corrected chi connectivity index (χ0v) is 10.3. The highest BCUT2D eigenvalue weighted by Crippen LogP contribution is 2.48. The smallest absolute Gasteiger partial charge is 0.242 e. The van der Waals surface area contributed by atoms with Crippen molar-refractivity contribution in [3.63, 3.8) is 0 Å². The molecule has 0 aromatic heterocycles. The Morgan fingerprint density at radius 2 is 2.00 bits per heavy atom. The molecule has 0 spiro atoms. The van der Waals surface area contributed by atoms with Crippen molar-refractivity contribution in [1.82, 2.24) is 5.32 Å². The van der Waals surface area contributed by atoms with Crippen molar-refractivity contribution in [3.05, 3.63) is 0 Å². The number of ether oxygens (including phenoxy) is 1. The summed E-state index contributed by atoms with van der Waals surface area (Å²) in [5.41, 5.74) is 5.27. The lowest BCUT2D eigenvalue weighted by Crippen LogP contribution is -2.55. The Morgan fingerprint density at radius 1 is 1.35 bits per heavy atom. The Balaban J connectivity index is 1.50. The van der Waals surface area contributed by atoms with Crippen LogP contribution in [0.15, 0.2) is 0 Å². The van der Waals surface area contributed by atoms with Crippen LogP contribution in [0.4, 0.5) is 0 Å². The van der Waals surface area contributed by atoms with Gasteiger partial charge in [0.1, 0.15) is 5.54 Å². The molecule has 4 heteroatoms. The number of carbonyl (C=O) groups is 1. The average molecular weight is 238 g/mol. The average Bonchev–Trinajstić information content (AvgIpc) is 3.21. The molecule has 3 fully saturated rings. The summed E-state index contributed by atoms with van der Waals surface area (Å²) in [5, 5.41) is 3.06. The molecule has 1 saturated heterocycles. The van der Waals surface area contributed by atoms with Crippen LogP contribution in [0, 0.1) is 17.8 Å². The fourth-order valence-corrected chi connectivity index (χ4v) is 2.91. The standard InChI is InChI=1S/C13H22N2O2/c14-13(5-6-17-8-13)12(16)15-7-11(9-1-2-9)10-3-4-10/h9-11H,1-8,14H2,(H,15,16). The molecule has 0 radical (unpaired) electrons. The van der Waals surface area contributed by atoms with Gasteiger partial charge in [-0.25, -0.2) is 0 Å². The summed E-state index contributed by atoms with van der Waals surface area (Å²) < 4.78 is 5.22. The molecule has 0 aromatic rings. The van der Waals surface area contributed by atoms with E-state index in [2.05, 4.69) is 5.32 Å². The minimum Gasteiger partial charge on any atom is -0.379 e. The summed E-state index contributed by atoms with van der Waals surface area (Å²) in [5.74, 6) is 2.44. The highest BCUT2D eigenvalue weighted by molar-refractivity contribution is 5.86. The maximum atomic E-state index is 12.0. The maximum absolute atomic E-state index is 12.0. The van der Waals surface area contributed by atoms with Gasteiger partial charge in [-0.2, -0.15) is 0 Å². The van der Waals surface area contributed by atoms with Gasteiger partial charge in [0.25, 0.3) is 0 Å². The van der Waals surface area contributed by atoms with Gasteiger partial charge in [0.05, 0.1) is 6.61 Å². The number of rotatable bonds is 5. The van der Waals surface area contributed by atoms with Crippen LogP contribution in [0.1, 0.15) is 32.1 Å². The monoisotopic (exact) mass is 238 g/mol. The zero-order valence-electron chi connectivity index (χ0n) is 10.3. The lowest BCUT2D eigenvalue weighted by Gasteiger charge is -2.23. The summed E-state index contributed by atoms with van der Waals surface area (Å²) in [4.78, 5) is 12.0. The second kappa shape index (κ2) is 4.25. The van der Waals surface area contributed by atoms with Crippen LogP contribution in [0.5, 0.6) is 0 Å². The largest absolute Gasteiger partial charge is 0.379 e. The first-order valence-corrected chi connectivity index (χ1v) is 6.84. The molecule has 1 amide bonds. The summed E-state index contributed by atoms with van der Waals surface area (Å²) in [6.07, 6.45) is 6.07. The van der Waals surface area contributed by atoms with Crippen LogP contribution < -0.4 is 11.1 Å². The van der Waals surface area contributed by atoms with Crippen molar-refractivity contribution >= 4 is 5.91 Å². The van der Waals surface area contributed by atoms with E-state index in [1.54, 1.807) is 0 Å². The Bertz CT molecular complexity index is 293. The molecule has 2 saturated carbocycles. The van der Waals surface area contributed by atoms with E-state index < -0.39 is 5.54 Å². The first-order chi connectivity index (χ1) is 8.19. The summed E-state index contributed by atoms with van der Waals surface area (Å²) in [7, 11) is 0. The van der Waals surface area contributed by atoms with E-state index in [1.807, 2.05) is 0 Å². The van der Waals surface area contributed by atoms with E-state index in [4.69, 9.17) is 10.5 Å². The summed E-state index contributed by atoms with van der Waals surface area (Å²) in [6, 6.07) is 0. The second-order valence-electron chi connectivity index (χ2n) is 6.01. The molecule has 1 aliphatic heterocycles. The van der Waals surface area contributed by atoms with Gasteiger partial charge in [0, 0.05) is 13.2 Å². The second-order valence-corrected chi connectivity index (χ2v) is 6.01. The van der Waals surface area contributed by atoms with E-state index in [-0.39, 0.29) is 5.91 Å². The van der Waals surface area contributed by atoms with Crippen molar-refractivity contribution in [1.29, 1.82) is 0 Å². The van der Waals surface area contributed by atoms with Gasteiger partial charge >= 0.3 is 0 Å². The van der Waals surface area contributed by atoms with E-state index >= 15 is 0 Å². The fraction of sp³-hybridized carbons (Fsp3) is 0.923. The highest BCUT2D eigenvalue weighted by atomic mass is 16.5. The predicted molar refractivity (Wildman–Crippen MR) is 64.3 cm³/mol. The van der Waals surface area contributed by atoms with Gasteiger partial charge in [-0.1, -0.05) is 0 Å². The maximum Gasteiger partial charge on any atom is 0.242 e. The number of carbonyl (C=O) groups excluding carboxylic acids is 1. The van der Waals surface area contributed by atoms with E-state index in [1.165, 1.54) is 25.7 Å². The molecule has 96 valence electrons. The van der Waals surface area contributed by atoms with Crippen molar-refractivity contribution in [2.45, 2.75) is 37.6 Å². The first kappa shape index (κ1) is 11.5. The van der Waals surface area contributed by atoms with Crippen molar-refractivity contribution in [3.8, 4) is 0 Å². The van der Waals surface area contributed by atoms with Crippen molar-refractivity contribution in [2.75, 3.05) is 19.8 Å². The predicted octanol–water partition coefficient (Wildman–Crippen LogP) is 0.657. The number of amides is 1. The van der Waals surface area contributed by atoms with Gasteiger partial charge in [-0.05, 0) is 49.9 Å². The van der Waals surface area contributed by atoms with Crippen LogP contribution >= 0.6 is 0 Å². The van der Waals surface area contributed by atoms with E-state index in [9.17, 15) is 4.79 Å². The zero-order chi connectivity index (χ0) is 11.9. The number of hydrogen-bond acceptors (Lipinski definition) is 3. The SMILES string of the molecule is NC1(C(=O)NCC(C2CC2)C2CC2)CCOC1. The van der Waals surface area contributed by atoms with Gasteiger partial charge in [-0.3, -0.25) is 4.79 Å². The molecule has 4 nitrogen and oxygen atoms in total. The normalized spacial score (nSPS) is 33.1. The minimum atomic E-state index is -0.766. The molecular weight excluding hydrogens is 216 g/mol. The van der Waals surface area contributed by atoms with Gasteiger partial charge in [-0.15, -0.1) is 0 Å². The third-order valence-corrected chi connectivity index (χ3v) is 4.46. The number of nitrogens with one attached hydrogen (secondary N) is 1. The molecule has 1 heterocycles. The van der Waals surface area contributed by atoms with E-state index in [0.717, 1.165) is 18.4 Å². The molecule has 3 N–H and O–H groups in total. The molecule has 2 aliphatic carbocycles. The minimum absolute atomic E-state index is 0.0127. The Hall–Kier alpha value is -0.610. The third-order valence-electron chi connectivity index (χ3n) is 4.46. The quantitative estimate of drug-likeness (QED) is 0.739. The summed E-state index contributed by atoms with van der Waals surface area (Å²) >= 11 is 0. The van der Waals surface area contributed by atoms with Crippen molar-refractivity contribution in [2.24, 2.45) is 23.5 Å². The van der Waals surface area contributed by atoms with Gasteiger partial charge < -0.3 is 15.8 Å². The van der Waals surface area contributed by atoms with Gasteiger partial charge in [0.2, 0.25) is 5.91 Å². The highest BCUT2D eigenvalue weighted by Gasteiger charge is 2.43. The molecule has 0 bridgehead atoms. The van der Waals surface area contributed by atoms with Crippen LogP contribution in [-0.2, 0) is 9.53 Å². The van der Waals surface area contributed by atoms with Crippen LogP contribution in [0.25, 0.3) is 0 Å². The lowest BCUT2D eigenvalue weighted by atomic mass is 9.95. The third kappa shape index (κ3) is 2.47. The van der Waals surface area contributed by atoms with Crippen LogP contribution in [-0.4, -0.2) is 31.2 Å². The molecule has 17 heavy (non-hydrogen) atoms. The Morgan fingerprint density at radius 3 is 2.47 bits per heavy atom. The fourth-order valence-electron chi connectivity index (χ4n) is 2.91. The molecule has 1 unspecified atom stereocenters. The summed E-state index contributed by atoms with van der Waals surface area (Å²) in [6.45, 7) is 1.81. The molecule has 0 aromatic carbocycles. The number of hydrogen-bond donors (Lipinski definition) is 2.